The van der Waals surface area contributed by atoms with Crippen LogP contribution in [0.2, 0.25) is 0 Å². The summed E-state index contributed by atoms with van der Waals surface area (Å²) in [5.74, 6) is -6.88. The van der Waals surface area contributed by atoms with E-state index in [1.54, 1.807) is 0 Å². The van der Waals surface area contributed by atoms with Gasteiger partial charge in [0, 0.05) is 12.5 Å². The minimum atomic E-state index is -3.90. The maximum atomic E-state index is 14.1. The van der Waals surface area contributed by atoms with Crippen LogP contribution in [0.5, 0.6) is 0 Å². The van der Waals surface area contributed by atoms with Crippen molar-refractivity contribution in [3.05, 3.63) is 59.7 Å². The number of hydrogen-bond acceptors (Lipinski definition) is 4. The quantitative estimate of drug-likeness (QED) is 0.580. The highest BCUT2D eigenvalue weighted by molar-refractivity contribution is 5.86. The second-order valence-corrected chi connectivity index (χ2v) is 8.15. The summed E-state index contributed by atoms with van der Waals surface area (Å²) in [6.45, 7) is -1.67. The molecule has 32 heavy (non-hydrogen) atoms. The molecule has 0 aromatic heterocycles. The van der Waals surface area contributed by atoms with Crippen molar-refractivity contribution in [2.75, 3.05) is 19.7 Å². The van der Waals surface area contributed by atoms with Crippen LogP contribution in [0.3, 0.4) is 0 Å². The van der Waals surface area contributed by atoms with Crippen molar-refractivity contribution in [1.29, 1.82) is 0 Å². The fraction of sp³-hybridized carbons (Fsp3) is 0.348. The second-order valence-electron chi connectivity index (χ2n) is 8.15. The van der Waals surface area contributed by atoms with Crippen molar-refractivity contribution >= 4 is 18.0 Å². The lowest BCUT2D eigenvalue weighted by Gasteiger charge is -2.19. The molecule has 4 rings (SSSR count). The number of fused-ring (bicyclic) bond motifs is 3. The van der Waals surface area contributed by atoms with Crippen molar-refractivity contribution in [3.8, 4) is 11.1 Å². The summed E-state index contributed by atoms with van der Waals surface area (Å²) in [6.07, 6.45) is -0.415. The van der Waals surface area contributed by atoms with Crippen LogP contribution in [0, 0.1) is 5.41 Å². The van der Waals surface area contributed by atoms with Gasteiger partial charge < -0.3 is 20.5 Å². The first-order valence-corrected chi connectivity index (χ1v) is 10.2. The summed E-state index contributed by atoms with van der Waals surface area (Å²) >= 11 is 0. The first kappa shape index (κ1) is 21.7. The molecule has 0 spiro atoms. The maximum Gasteiger partial charge on any atom is 0.407 e. The van der Waals surface area contributed by atoms with Crippen molar-refractivity contribution in [1.82, 2.24) is 10.6 Å². The fourth-order valence-corrected chi connectivity index (χ4v) is 3.91. The molecule has 1 fully saturated rings. The minimum Gasteiger partial charge on any atom is -0.481 e. The molecular weight excluding hydrogens is 422 g/mol. The minimum absolute atomic E-state index is 0.0429. The van der Waals surface area contributed by atoms with Crippen LogP contribution in [0.25, 0.3) is 11.1 Å². The molecule has 1 saturated carbocycles. The summed E-state index contributed by atoms with van der Waals surface area (Å²) in [6, 6.07) is 15.4. The van der Waals surface area contributed by atoms with E-state index in [1.807, 2.05) is 59.2 Å². The molecule has 0 bridgehead atoms. The SMILES string of the molecule is O=C(NCC(F)(F)C(=O)NCC1(C(=O)O)CC1)OCC1c2ccccc2-c2ccccc21. The zero-order valence-electron chi connectivity index (χ0n) is 17.1. The highest BCUT2D eigenvalue weighted by Gasteiger charge is 2.51. The number of ether oxygens (including phenoxy) is 1. The average molecular weight is 444 g/mol. The van der Waals surface area contributed by atoms with Gasteiger partial charge >= 0.3 is 18.0 Å². The number of hydrogen-bond donors (Lipinski definition) is 3. The fourth-order valence-electron chi connectivity index (χ4n) is 3.91. The molecule has 7 nitrogen and oxygen atoms in total. The molecule has 0 aliphatic heterocycles. The number of aliphatic carboxylic acids is 1. The number of carboxylic acid groups (broad SMARTS) is 1. The predicted molar refractivity (Wildman–Crippen MR) is 110 cm³/mol. The van der Waals surface area contributed by atoms with Gasteiger partial charge in [-0.05, 0) is 35.1 Å². The molecule has 0 saturated heterocycles. The van der Waals surface area contributed by atoms with Gasteiger partial charge in [0.05, 0.1) is 12.0 Å². The number of amides is 2. The number of benzene rings is 2. The molecule has 0 heterocycles. The van der Waals surface area contributed by atoms with Gasteiger partial charge in [0.15, 0.2) is 0 Å². The van der Waals surface area contributed by atoms with Crippen LogP contribution in [-0.4, -0.2) is 48.7 Å². The average Bonchev–Trinajstić information content (AvgIpc) is 3.52. The molecule has 2 amide bonds. The molecule has 0 radical (unpaired) electrons. The van der Waals surface area contributed by atoms with Gasteiger partial charge in [-0.15, -0.1) is 0 Å². The number of alkyl carbamates (subject to hydrolysis) is 1. The Labute approximate surface area is 182 Å². The summed E-state index contributed by atoms with van der Waals surface area (Å²) in [7, 11) is 0. The number of nitrogens with one attached hydrogen (secondary N) is 2. The summed E-state index contributed by atoms with van der Waals surface area (Å²) in [4.78, 5) is 34.9. The van der Waals surface area contributed by atoms with Gasteiger partial charge in [-0.1, -0.05) is 48.5 Å². The molecule has 0 unspecified atom stereocenters. The third-order valence-electron chi connectivity index (χ3n) is 6.03. The molecule has 3 N–H and O–H groups in total. The largest absolute Gasteiger partial charge is 0.481 e. The lowest BCUT2D eigenvalue weighted by atomic mass is 9.98. The zero-order chi connectivity index (χ0) is 22.9. The van der Waals surface area contributed by atoms with Crippen LogP contribution in [0.1, 0.15) is 29.9 Å². The Morgan fingerprint density at radius 1 is 1.00 bits per heavy atom. The van der Waals surface area contributed by atoms with E-state index in [1.165, 1.54) is 0 Å². The van der Waals surface area contributed by atoms with Gasteiger partial charge in [-0.2, -0.15) is 8.78 Å². The third kappa shape index (κ3) is 4.15. The zero-order valence-corrected chi connectivity index (χ0v) is 17.1. The number of halogens is 2. The van der Waals surface area contributed by atoms with E-state index in [4.69, 9.17) is 9.84 Å². The van der Waals surface area contributed by atoms with Crippen LogP contribution in [-0.2, 0) is 14.3 Å². The Morgan fingerprint density at radius 3 is 2.09 bits per heavy atom. The number of carbonyl (C=O) groups excluding carboxylic acids is 2. The van der Waals surface area contributed by atoms with E-state index in [-0.39, 0.29) is 19.1 Å². The Morgan fingerprint density at radius 2 is 1.56 bits per heavy atom. The Balaban J connectivity index is 1.30. The Kier molecular flexibility index (Phi) is 5.58. The first-order chi connectivity index (χ1) is 15.2. The standard InChI is InChI=1S/C23H22F2N2O5/c24-23(25,19(28)26-12-22(9-10-22)20(29)30)13-27-21(31)32-11-18-16-7-3-1-5-14(16)15-6-2-4-8-17(15)18/h1-8,18H,9-13H2,(H,26,28)(H,27,31)(H,29,30). The van der Waals surface area contributed by atoms with Gasteiger partial charge in [-0.3, -0.25) is 9.59 Å². The second kappa shape index (κ2) is 8.22. The highest BCUT2D eigenvalue weighted by Crippen LogP contribution is 2.45. The third-order valence-corrected chi connectivity index (χ3v) is 6.03. The van der Waals surface area contributed by atoms with E-state index in [0.717, 1.165) is 22.3 Å². The summed E-state index contributed by atoms with van der Waals surface area (Å²) < 4.78 is 33.3. The smallest absolute Gasteiger partial charge is 0.407 e. The molecule has 2 aromatic rings. The van der Waals surface area contributed by atoms with Crippen LogP contribution in [0.4, 0.5) is 13.6 Å². The van der Waals surface area contributed by atoms with Crippen LogP contribution < -0.4 is 10.6 Å². The van der Waals surface area contributed by atoms with Crippen molar-refractivity contribution < 1.29 is 33.0 Å². The van der Waals surface area contributed by atoms with Crippen LogP contribution >= 0.6 is 0 Å². The molecule has 0 atom stereocenters. The van der Waals surface area contributed by atoms with Gasteiger partial charge in [0.25, 0.3) is 5.91 Å². The monoisotopic (exact) mass is 444 g/mol. The normalized spacial score (nSPS) is 15.9. The summed E-state index contributed by atoms with van der Waals surface area (Å²) in [5, 5.41) is 12.9. The highest BCUT2D eigenvalue weighted by atomic mass is 19.3. The number of rotatable bonds is 8. The molecular formula is C23H22F2N2O5. The maximum absolute atomic E-state index is 14.1. The lowest BCUT2D eigenvalue weighted by Crippen LogP contribution is -2.50. The molecule has 2 aliphatic rings. The van der Waals surface area contributed by atoms with Crippen LogP contribution in [0.15, 0.2) is 48.5 Å². The van der Waals surface area contributed by atoms with Crippen molar-refractivity contribution in [3.63, 3.8) is 0 Å². The Bertz CT molecular complexity index is 1020. The lowest BCUT2D eigenvalue weighted by molar-refractivity contribution is -0.147. The summed E-state index contributed by atoms with van der Waals surface area (Å²) in [5.41, 5.74) is 2.88. The van der Waals surface area contributed by atoms with Gasteiger partial charge in [0.2, 0.25) is 0 Å². The van der Waals surface area contributed by atoms with Crippen molar-refractivity contribution in [2.24, 2.45) is 5.41 Å². The van der Waals surface area contributed by atoms with E-state index < -0.39 is 35.9 Å². The Hall–Kier alpha value is -3.49. The number of carbonyl (C=O) groups is 3. The molecule has 168 valence electrons. The predicted octanol–water partition coefficient (Wildman–Crippen LogP) is 3.14. The van der Waals surface area contributed by atoms with E-state index >= 15 is 0 Å². The topological polar surface area (TPSA) is 105 Å². The number of carboxylic acids is 1. The molecule has 9 heteroatoms. The van der Waals surface area contributed by atoms with Crippen molar-refractivity contribution in [2.45, 2.75) is 24.7 Å². The van der Waals surface area contributed by atoms with E-state index in [9.17, 15) is 23.2 Å². The van der Waals surface area contributed by atoms with E-state index in [2.05, 4.69) is 0 Å². The number of alkyl halides is 2. The first-order valence-electron chi connectivity index (χ1n) is 10.2. The van der Waals surface area contributed by atoms with E-state index in [0.29, 0.717) is 12.8 Å². The van der Waals surface area contributed by atoms with Gasteiger partial charge in [-0.25, -0.2) is 4.79 Å². The van der Waals surface area contributed by atoms with Gasteiger partial charge in [0.1, 0.15) is 6.61 Å². The molecule has 2 aliphatic carbocycles. The molecule has 2 aromatic carbocycles.